The van der Waals surface area contributed by atoms with Gasteiger partial charge in [-0.25, -0.2) is 13.8 Å². The summed E-state index contributed by atoms with van der Waals surface area (Å²) >= 11 is 0. The van der Waals surface area contributed by atoms with E-state index in [1.165, 1.54) is 58.9 Å². The standard InChI is InChI=1S/C32H28F2N4O6/c1-17-27(18-6-8-19(33)9-7-18)30(42-4)28(23(36-17)16-40-2)31(39)37-20-10-11-24(21(34)14-20)44-25-12-13-35-22-15-26(41-3)32(43-5)38-29(22)25/h6-15H,16H2,1-5H3,(H,37,39). The number of amides is 1. The lowest BCUT2D eigenvalue weighted by atomic mass is 9.98. The minimum atomic E-state index is -0.744. The van der Waals surface area contributed by atoms with Gasteiger partial charge in [-0.1, -0.05) is 12.1 Å². The zero-order valence-electron chi connectivity index (χ0n) is 24.5. The van der Waals surface area contributed by atoms with Crippen molar-refractivity contribution in [2.75, 3.05) is 33.8 Å². The molecule has 0 saturated heterocycles. The van der Waals surface area contributed by atoms with Crippen LogP contribution < -0.4 is 24.3 Å². The zero-order chi connectivity index (χ0) is 31.4. The number of hydrogen-bond donors (Lipinski definition) is 1. The summed E-state index contributed by atoms with van der Waals surface area (Å²) < 4.78 is 56.3. The minimum Gasteiger partial charge on any atom is -0.495 e. The van der Waals surface area contributed by atoms with Crippen LogP contribution in [0.4, 0.5) is 14.5 Å². The van der Waals surface area contributed by atoms with E-state index in [0.29, 0.717) is 39.3 Å². The highest BCUT2D eigenvalue weighted by Crippen LogP contribution is 2.38. The molecule has 0 bridgehead atoms. The lowest BCUT2D eigenvalue weighted by Crippen LogP contribution is -2.18. The molecule has 1 amide bonds. The molecular weight excluding hydrogens is 574 g/mol. The Kier molecular flexibility index (Phi) is 8.81. The first kappa shape index (κ1) is 30.1. The summed E-state index contributed by atoms with van der Waals surface area (Å²) in [5.41, 5.74) is 3.03. The molecule has 0 saturated carbocycles. The fourth-order valence-electron chi connectivity index (χ4n) is 4.73. The Morgan fingerprint density at radius 3 is 2.30 bits per heavy atom. The lowest BCUT2D eigenvalue weighted by Gasteiger charge is -2.19. The Labute approximate surface area is 251 Å². The third-order valence-electron chi connectivity index (χ3n) is 6.68. The first-order valence-electron chi connectivity index (χ1n) is 13.3. The highest BCUT2D eigenvalue weighted by atomic mass is 19.1. The number of hydrogen-bond acceptors (Lipinski definition) is 9. The molecule has 0 aliphatic carbocycles. The molecule has 0 radical (unpaired) electrons. The van der Waals surface area contributed by atoms with E-state index in [-0.39, 0.29) is 41.0 Å². The van der Waals surface area contributed by atoms with Gasteiger partial charge in [0.05, 0.1) is 39.1 Å². The van der Waals surface area contributed by atoms with Crippen molar-refractivity contribution in [3.63, 3.8) is 0 Å². The number of carbonyl (C=O) groups excluding carboxylic acids is 1. The fourth-order valence-corrected chi connectivity index (χ4v) is 4.73. The van der Waals surface area contributed by atoms with Gasteiger partial charge in [0.2, 0.25) is 0 Å². The first-order chi connectivity index (χ1) is 21.3. The predicted molar refractivity (Wildman–Crippen MR) is 159 cm³/mol. The van der Waals surface area contributed by atoms with Crippen LogP contribution in [0.3, 0.4) is 0 Å². The van der Waals surface area contributed by atoms with Gasteiger partial charge in [-0.2, -0.15) is 0 Å². The van der Waals surface area contributed by atoms with Crippen LogP contribution in [0.25, 0.3) is 22.2 Å². The number of aryl methyl sites for hydroxylation is 1. The molecule has 44 heavy (non-hydrogen) atoms. The largest absolute Gasteiger partial charge is 0.495 e. The van der Waals surface area contributed by atoms with E-state index < -0.39 is 17.5 Å². The van der Waals surface area contributed by atoms with Crippen molar-refractivity contribution in [2.45, 2.75) is 13.5 Å². The van der Waals surface area contributed by atoms with Gasteiger partial charge in [-0.15, -0.1) is 0 Å². The van der Waals surface area contributed by atoms with E-state index >= 15 is 4.39 Å². The van der Waals surface area contributed by atoms with E-state index in [1.807, 2.05) is 0 Å². The highest BCUT2D eigenvalue weighted by Gasteiger charge is 2.26. The van der Waals surface area contributed by atoms with E-state index in [1.54, 1.807) is 31.2 Å². The molecule has 1 N–H and O–H groups in total. The van der Waals surface area contributed by atoms with Crippen LogP contribution in [-0.2, 0) is 11.3 Å². The number of benzene rings is 2. The minimum absolute atomic E-state index is 0.00930. The Balaban J connectivity index is 1.47. The number of anilines is 1. The topological polar surface area (TPSA) is 114 Å². The van der Waals surface area contributed by atoms with Crippen LogP contribution in [0, 0.1) is 18.6 Å². The summed E-state index contributed by atoms with van der Waals surface area (Å²) in [6, 6.07) is 12.9. The molecule has 10 nitrogen and oxygen atoms in total. The number of nitrogens with zero attached hydrogens (tertiary/aromatic N) is 3. The summed E-state index contributed by atoms with van der Waals surface area (Å²) in [7, 11) is 5.83. The second-order valence-electron chi connectivity index (χ2n) is 9.45. The van der Waals surface area contributed by atoms with Gasteiger partial charge in [0.1, 0.15) is 22.6 Å². The molecule has 0 spiro atoms. The summed E-state index contributed by atoms with van der Waals surface area (Å²) in [5, 5.41) is 2.71. The Morgan fingerprint density at radius 1 is 0.864 bits per heavy atom. The molecule has 3 heterocycles. The molecule has 0 unspecified atom stereocenters. The molecule has 5 rings (SSSR count). The van der Waals surface area contributed by atoms with Crippen LogP contribution in [0.5, 0.6) is 28.9 Å². The SMILES string of the molecule is COCc1nc(C)c(-c2ccc(F)cc2)c(OC)c1C(=O)Nc1ccc(Oc2ccnc3cc(OC)c(OC)nc23)c(F)c1. The van der Waals surface area contributed by atoms with E-state index in [9.17, 15) is 9.18 Å². The molecule has 226 valence electrons. The average molecular weight is 603 g/mol. The van der Waals surface area contributed by atoms with E-state index in [0.717, 1.165) is 6.07 Å². The van der Waals surface area contributed by atoms with Crippen molar-refractivity contribution in [3.8, 4) is 40.0 Å². The Morgan fingerprint density at radius 2 is 1.64 bits per heavy atom. The third-order valence-corrected chi connectivity index (χ3v) is 6.68. The van der Waals surface area contributed by atoms with Crippen LogP contribution in [0.1, 0.15) is 21.7 Å². The summed E-state index contributed by atoms with van der Waals surface area (Å²) in [6.07, 6.45) is 1.50. The quantitative estimate of drug-likeness (QED) is 0.191. The number of methoxy groups -OCH3 is 4. The summed E-state index contributed by atoms with van der Waals surface area (Å²) in [5.74, 6) is -0.814. The van der Waals surface area contributed by atoms with Gasteiger partial charge in [0.25, 0.3) is 11.8 Å². The molecule has 3 aromatic heterocycles. The van der Waals surface area contributed by atoms with Crippen LogP contribution in [-0.4, -0.2) is 49.3 Å². The molecule has 2 aromatic carbocycles. The number of pyridine rings is 3. The van der Waals surface area contributed by atoms with Crippen LogP contribution in [0.15, 0.2) is 60.8 Å². The summed E-state index contributed by atoms with van der Waals surface area (Å²) in [6.45, 7) is 1.76. The van der Waals surface area contributed by atoms with Gasteiger partial charge in [0.15, 0.2) is 23.1 Å². The van der Waals surface area contributed by atoms with Crippen molar-refractivity contribution in [2.24, 2.45) is 0 Å². The number of halogens is 2. The molecule has 0 aliphatic rings. The van der Waals surface area contributed by atoms with Crippen molar-refractivity contribution >= 4 is 22.6 Å². The third kappa shape index (κ3) is 5.92. The fraction of sp³-hybridized carbons (Fsp3) is 0.188. The highest BCUT2D eigenvalue weighted by molar-refractivity contribution is 6.08. The number of ether oxygens (including phenoxy) is 5. The van der Waals surface area contributed by atoms with Gasteiger partial charge < -0.3 is 29.0 Å². The average Bonchev–Trinajstić information content (AvgIpc) is 3.02. The van der Waals surface area contributed by atoms with Crippen molar-refractivity contribution in [1.29, 1.82) is 0 Å². The number of carbonyl (C=O) groups is 1. The maximum absolute atomic E-state index is 15.3. The van der Waals surface area contributed by atoms with E-state index in [2.05, 4.69) is 20.3 Å². The Hall–Kier alpha value is -5.36. The van der Waals surface area contributed by atoms with Crippen LogP contribution >= 0.6 is 0 Å². The van der Waals surface area contributed by atoms with E-state index in [4.69, 9.17) is 23.7 Å². The van der Waals surface area contributed by atoms with Crippen LogP contribution in [0.2, 0.25) is 0 Å². The maximum atomic E-state index is 15.3. The number of nitrogens with one attached hydrogen (secondary N) is 1. The van der Waals surface area contributed by atoms with Crippen molar-refractivity contribution in [1.82, 2.24) is 15.0 Å². The normalized spacial score (nSPS) is 10.9. The summed E-state index contributed by atoms with van der Waals surface area (Å²) in [4.78, 5) is 26.9. The zero-order valence-corrected chi connectivity index (χ0v) is 24.5. The predicted octanol–water partition coefficient (Wildman–Crippen LogP) is 6.50. The Bertz CT molecular complexity index is 1850. The molecule has 0 aliphatic heterocycles. The van der Waals surface area contributed by atoms with Gasteiger partial charge in [-0.05, 0) is 36.8 Å². The van der Waals surface area contributed by atoms with Crippen molar-refractivity contribution in [3.05, 3.63) is 89.4 Å². The molecular formula is C32H28F2N4O6. The molecule has 0 fully saturated rings. The molecule has 12 heteroatoms. The van der Waals surface area contributed by atoms with Gasteiger partial charge >= 0.3 is 0 Å². The monoisotopic (exact) mass is 602 g/mol. The number of rotatable bonds is 10. The first-order valence-corrected chi connectivity index (χ1v) is 13.3. The van der Waals surface area contributed by atoms with Crippen molar-refractivity contribution < 1.29 is 37.3 Å². The second-order valence-corrected chi connectivity index (χ2v) is 9.45. The number of aromatic nitrogens is 3. The molecule has 5 aromatic rings. The number of fused-ring (bicyclic) bond motifs is 1. The maximum Gasteiger partial charge on any atom is 0.261 e. The van der Waals surface area contributed by atoms with Gasteiger partial charge in [0, 0.05) is 48.5 Å². The second kappa shape index (κ2) is 12.9. The smallest absolute Gasteiger partial charge is 0.261 e. The molecule has 0 atom stereocenters. The van der Waals surface area contributed by atoms with Gasteiger partial charge in [-0.3, -0.25) is 14.8 Å². The lowest BCUT2D eigenvalue weighted by molar-refractivity contribution is 0.101.